The van der Waals surface area contributed by atoms with Gasteiger partial charge in [0.2, 0.25) is 0 Å². The lowest BCUT2D eigenvalue weighted by atomic mass is 9.95. The van der Waals surface area contributed by atoms with Gasteiger partial charge in [-0.1, -0.05) is 15.9 Å². The van der Waals surface area contributed by atoms with E-state index in [1.54, 1.807) is 32.4 Å². The number of likely N-dealkylation sites (tertiary alicyclic amines) is 1. The van der Waals surface area contributed by atoms with Crippen molar-refractivity contribution in [3.63, 3.8) is 0 Å². The summed E-state index contributed by atoms with van der Waals surface area (Å²) in [6.07, 6.45) is 3.37. The van der Waals surface area contributed by atoms with E-state index < -0.39 is 0 Å². The van der Waals surface area contributed by atoms with E-state index in [1.807, 2.05) is 4.90 Å². The van der Waals surface area contributed by atoms with Crippen LogP contribution in [0.25, 0.3) is 0 Å². The first-order valence-electron chi connectivity index (χ1n) is 7.26. The van der Waals surface area contributed by atoms with Crippen molar-refractivity contribution in [3.05, 3.63) is 23.8 Å². The molecule has 116 valence electrons. The number of ether oxygens (including phenoxy) is 2. The van der Waals surface area contributed by atoms with E-state index in [0.717, 1.165) is 31.3 Å². The van der Waals surface area contributed by atoms with Gasteiger partial charge in [0.1, 0.15) is 11.5 Å². The van der Waals surface area contributed by atoms with Gasteiger partial charge in [-0.05, 0) is 43.4 Å². The summed E-state index contributed by atoms with van der Waals surface area (Å²) in [5, 5.41) is 0.988. The summed E-state index contributed by atoms with van der Waals surface area (Å²) in [5.74, 6) is 1.89. The van der Waals surface area contributed by atoms with E-state index in [1.165, 1.54) is 6.42 Å². The van der Waals surface area contributed by atoms with Crippen LogP contribution in [0, 0.1) is 5.92 Å². The lowest BCUT2D eigenvalue weighted by molar-refractivity contribution is 0.0668. The molecule has 1 aromatic carbocycles. The van der Waals surface area contributed by atoms with Crippen LogP contribution in [-0.2, 0) is 0 Å². The summed E-state index contributed by atoms with van der Waals surface area (Å²) in [6, 6.07) is 5.35. The number of rotatable bonds is 5. The third-order valence-electron chi connectivity index (χ3n) is 3.96. The van der Waals surface area contributed by atoms with Crippen molar-refractivity contribution >= 4 is 21.8 Å². The van der Waals surface area contributed by atoms with Crippen LogP contribution in [0.5, 0.6) is 11.5 Å². The van der Waals surface area contributed by atoms with E-state index in [4.69, 9.17) is 9.47 Å². The molecule has 0 aromatic heterocycles. The third kappa shape index (κ3) is 3.90. The monoisotopic (exact) mass is 355 g/mol. The Morgan fingerprint density at radius 2 is 2.19 bits per heavy atom. The van der Waals surface area contributed by atoms with Gasteiger partial charge < -0.3 is 14.4 Å². The topological polar surface area (TPSA) is 38.8 Å². The Kier molecular flexibility index (Phi) is 5.91. The average Bonchev–Trinajstić information content (AvgIpc) is 2.54. The van der Waals surface area contributed by atoms with Crippen molar-refractivity contribution in [2.24, 2.45) is 5.92 Å². The Morgan fingerprint density at radius 1 is 1.38 bits per heavy atom. The predicted octanol–water partition coefficient (Wildman–Crippen LogP) is 3.34. The van der Waals surface area contributed by atoms with Crippen molar-refractivity contribution in [1.82, 2.24) is 4.90 Å². The maximum absolute atomic E-state index is 12.8. The van der Waals surface area contributed by atoms with Crippen molar-refractivity contribution < 1.29 is 14.3 Å². The van der Waals surface area contributed by atoms with Gasteiger partial charge in [-0.3, -0.25) is 4.79 Å². The molecule has 1 unspecified atom stereocenters. The molecule has 0 aliphatic carbocycles. The van der Waals surface area contributed by atoms with Crippen LogP contribution in [0.2, 0.25) is 0 Å². The first-order valence-corrected chi connectivity index (χ1v) is 8.39. The molecule has 4 nitrogen and oxygen atoms in total. The number of hydrogen-bond acceptors (Lipinski definition) is 3. The molecule has 1 aromatic rings. The maximum atomic E-state index is 12.8. The number of carbonyl (C=O) groups excluding carboxylic acids is 1. The van der Waals surface area contributed by atoms with Crippen molar-refractivity contribution in [1.29, 1.82) is 0 Å². The summed E-state index contributed by atoms with van der Waals surface area (Å²) in [4.78, 5) is 14.7. The average molecular weight is 356 g/mol. The molecule has 0 radical (unpaired) electrons. The van der Waals surface area contributed by atoms with Gasteiger partial charge >= 0.3 is 0 Å². The number of piperidine rings is 1. The number of benzene rings is 1. The fourth-order valence-corrected chi connectivity index (χ4v) is 3.44. The number of nitrogens with zero attached hydrogens (tertiary/aromatic N) is 1. The third-order valence-corrected chi connectivity index (χ3v) is 4.42. The lowest BCUT2D eigenvalue weighted by Gasteiger charge is -2.33. The number of carbonyl (C=O) groups is 1. The van der Waals surface area contributed by atoms with Crippen LogP contribution >= 0.6 is 15.9 Å². The standard InChI is InChI=1S/C16H22BrNO3/c1-20-13-5-6-15(21-2)14(10-13)16(19)18-9-3-4-12(11-18)7-8-17/h5-6,10,12H,3-4,7-9,11H2,1-2H3. The van der Waals surface area contributed by atoms with Gasteiger partial charge in [0, 0.05) is 18.4 Å². The fourth-order valence-electron chi connectivity index (χ4n) is 2.79. The van der Waals surface area contributed by atoms with Crippen LogP contribution < -0.4 is 9.47 Å². The number of halogens is 1. The summed E-state index contributed by atoms with van der Waals surface area (Å²) < 4.78 is 10.5. The first kappa shape index (κ1) is 16.1. The van der Waals surface area contributed by atoms with Crippen LogP contribution in [-0.4, -0.2) is 43.4 Å². The van der Waals surface area contributed by atoms with E-state index in [2.05, 4.69) is 15.9 Å². The molecule has 21 heavy (non-hydrogen) atoms. The molecule has 0 N–H and O–H groups in total. The highest BCUT2D eigenvalue weighted by molar-refractivity contribution is 9.09. The molecule has 0 spiro atoms. The predicted molar refractivity (Wildman–Crippen MR) is 86.6 cm³/mol. The van der Waals surface area contributed by atoms with E-state index in [-0.39, 0.29) is 5.91 Å². The molecule has 0 saturated carbocycles. The molecule has 1 heterocycles. The molecular formula is C16H22BrNO3. The number of methoxy groups -OCH3 is 2. The molecule has 0 bridgehead atoms. The van der Waals surface area contributed by atoms with E-state index in [0.29, 0.717) is 23.0 Å². The first-order chi connectivity index (χ1) is 10.2. The summed E-state index contributed by atoms with van der Waals surface area (Å²) in [5.41, 5.74) is 0.580. The van der Waals surface area contributed by atoms with Crippen LogP contribution in [0.3, 0.4) is 0 Å². The van der Waals surface area contributed by atoms with Gasteiger partial charge in [0.15, 0.2) is 0 Å². The Hall–Kier alpha value is -1.23. The maximum Gasteiger partial charge on any atom is 0.257 e. The Morgan fingerprint density at radius 3 is 2.86 bits per heavy atom. The molecule has 1 fully saturated rings. The molecular weight excluding hydrogens is 334 g/mol. The zero-order valence-electron chi connectivity index (χ0n) is 12.6. The smallest absolute Gasteiger partial charge is 0.257 e. The van der Waals surface area contributed by atoms with Crippen molar-refractivity contribution in [2.45, 2.75) is 19.3 Å². The number of amides is 1. The molecule has 2 rings (SSSR count). The second-order valence-corrected chi connectivity index (χ2v) is 6.10. The molecule has 1 aliphatic heterocycles. The van der Waals surface area contributed by atoms with Gasteiger partial charge in [-0.25, -0.2) is 0 Å². The Labute approximate surface area is 134 Å². The highest BCUT2D eigenvalue weighted by atomic mass is 79.9. The minimum Gasteiger partial charge on any atom is -0.497 e. The normalized spacial score (nSPS) is 18.4. The van der Waals surface area contributed by atoms with Crippen LogP contribution in [0.4, 0.5) is 0 Å². The molecule has 1 aliphatic rings. The minimum absolute atomic E-state index is 0.0324. The van der Waals surface area contributed by atoms with E-state index in [9.17, 15) is 4.79 Å². The highest BCUT2D eigenvalue weighted by Gasteiger charge is 2.26. The van der Waals surface area contributed by atoms with Gasteiger partial charge in [-0.15, -0.1) is 0 Å². The second-order valence-electron chi connectivity index (χ2n) is 5.30. The van der Waals surface area contributed by atoms with Crippen molar-refractivity contribution in [3.8, 4) is 11.5 Å². The Bertz CT molecular complexity index is 490. The summed E-state index contributed by atoms with van der Waals surface area (Å²) in [7, 11) is 3.19. The molecule has 1 amide bonds. The van der Waals surface area contributed by atoms with Crippen LogP contribution in [0.15, 0.2) is 18.2 Å². The van der Waals surface area contributed by atoms with Gasteiger partial charge in [-0.2, -0.15) is 0 Å². The largest absolute Gasteiger partial charge is 0.497 e. The number of hydrogen-bond donors (Lipinski definition) is 0. The lowest BCUT2D eigenvalue weighted by Crippen LogP contribution is -2.40. The zero-order valence-corrected chi connectivity index (χ0v) is 14.2. The quantitative estimate of drug-likeness (QED) is 0.760. The fraction of sp³-hybridized carbons (Fsp3) is 0.562. The number of alkyl halides is 1. The van der Waals surface area contributed by atoms with Gasteiger partial charge in [0.05, 0.1) is 19.8 Å². The van der Waals surface area contributed by atoms with E-state index >= 15 is 0 Å². The summed E-state index contributed by atoms with van der Waals surface area (Å²) >= 11 is 3.49. The Balaban J connectivity index is 2.18. The van der Waals surface area contributed by atoms with Gasteiger partial charge in [0.25, 0.3) is 5.91 Å². The minimum atomic E-state index is 0.0324. The molecule has 1 atom stereocenters. The summed E-state index contributed by atoms with van der Waals surface area (Å²) in [6.45, 7) is 1.64. The zero-order chi connectivity index (χ0) is 15.2. The second kappa shape index (κ2) is 7.69. The highest BCUT2D eigenvalue weighted by Crippen LogP contribution is 2.28. The SMILES string of the molecule is COc1ccc(OC)c(C(=O)N2CCCC(CCBr)C2)c1. The van der Waals surface area contributed by atoms with Crippen LogP contribution in [0.1, 0.15) is 29.6 Å². The molecule has 5 heteroatoms. The van der Waals surface area contributed by atoms with Crippen molar-refractivity contribution in [2.75, 3.05) is 32.6 Å². The molecule has 1 saturated heterocycles.